The third-order valence-corrected chi connectivity index (χ3v) is 5.62. The Morgan fingerprint density at radius 3 is 2.67 bits per heavy atom. The van der Waals surface area contributed by atoms with Gasteiger partial charge in [-0.25, -0.2) is 13.4 Å². The molecule has 1 aromatic heterocycles. The second-order valence-corrected chi connectivity index (χ2v) is 7.55. The van der Waals surface area contributed by atoms with Crippen molar-refractivity contribution in [2.45, 2.75) is 24.3 Å². The highest BCUT2D eigenvalue weighted by molar-refractivity contribution is 7.89. The van der Waals surface area contributed by atoms with Crippen molar-refractivity contribution < 1.29 is 13.2 Å². The fourth-order valence-corrected chi connectivity index (χ4v) is 4.01. The van der Waals surface area contributed by atoms with E-state index in [4.69, 9.17) is 10.5 Å². The summed E-state index contributed by atoms with van der Waals surface area (Å²) in [5, 5.41) is 2.49. The van der Waals surface area contributed by atoms with Gasteiger partial charge in [0.25, 0.3) is 0 Å². The first kappa shape index (κ1) is 15.7. The number of benzene rings is 1. The number of ether oxygens (including phenoxy) is 1. The van der Waals surface area contributed by atoms with E-state index in [2.05, 4.69) is 9.71 Å². The Morgan fingerprint density at radius 2 is 2.10 bits per heavy atom. The lowest BCUT2D eigenvalue weighted by molar-refractivity contribution is 0.415. The van der Waals surface area contributed by atoms with Gasteiger partial charge in [-0.2, -0.15) is 4.72 Å². The van der Waals surface area contributed by atoms with Gasteiger partial charge in [-0.15, -0.1) is 11.3 Å². The minimum Gasteiger partial charge on any atom is -0.495 e. The molecule has 1 heterocycles. The standard InChI is InChI=1S/C13H17N3O3S2/c1-13(2,12-15-6-7-20-12)16-21(17,18)9-4-5-10(14)11(8-9)19-3/h4-8,16H,14H2,1-3H3. The third kappa shape index (κ3) is 3.34. The number of nitrogens with zero attached hydrogens (tertiary/aromatic N) is 1. The van der Waals surface area contributed by atoms with Crippen LogP contribution in [0.1, 0.15) is 18.9 Å². The van der Waals surface area contributed by atoms with Crippen molar-refractivity contribution in [3.8, 4) is 5.75 Å². The van der Waals surface area contributed by atoms with Crippen LogP contribution in [0.25, 0.3) is 0 Å². The van der Waals surface area contributed by atoms with Crippen molar-refractivity contribution in [1.82, 2.24) is 9.71 Å². The SMILES string of the molecule is COc1cc(S(=O)(=O)NC(C)(C)c2nccs2)ccc1N. The Bertz CT molecular complexity index is 725. The van der Waals surface area contributed by atoms with Gasteiger partial charge in [0, 0.05) is 17.6 Å². The van der Waals surface area contributed by atoms with Gasteiger partial charge in [-0.05, 0) is 26.0 Å². The summed E-state index contributed by atoms with van der Waals surface area (Å²) in [6.45, 7) is 3.52. The topological polar surface area (TPSA) is 94.3 Å². The van der Waals surface area contributed by atoms with Gasteiger partial charge >= 0.3 is 0 Å². The highest BCUT2D eigenvalue weighted by atomic mass is 32.2. The van der Waals surface area contributed by atoms with Crippen molar-refractivity contribution in [2.24, 2.45) is 0 Å². The summed E-state index contributed by atoms with van der Waals surface area (Å²) in [7, 11) is -2.27. The number of aromatic nitrogens is 1. The lowest BCUT2D eigenvalue weighted by atomic mass is 10.1. The number of nitrogen functional groups attached to an aromatic ring is 1. The molecule has 0 aliphatic carbocycles. The van der Waals surface area contributed by atoms with Gasteiger partial charge in [0.05, 0.1) is 23.2 Å². The van der Waals surface area contributed by atoms with Crippen LogP contribution < -0.4 is 15.2 Å². The molecule has 3 N–H and O–H groups in total. The average molecular weight is 327 g/mol. The molecule has 2 rings (SSSR count). The molecule has 0 aliphatic rings. The lowest BCUT2D eigenvalue weighted by Gasteiger charge is -2.23. The van der Waals surface area contributed by atoms with Gasteiger partial charge in [0.2, 0.25) is 10.0 Å². The zero-order valence-corrected chi connectivity index (χ0v) is 13.6. The molecule has 114 valence electrons. The summed E-state index contributed by atoms with van der Waals surface area (Å²) in [5.41, 5.74) is 5.28. The molecule has 1 aromatic carbocycles. The minimum absolute atomic E-state index is 0.0955. The van der Waals surface area contributed by atoms with Crippen LogP contribution in [0, 0.1) is 0 Å². The van der Waals surface area contributed by atoms with E-state index < -0.39 is 15.6 Å². The second kappa shape index (κ2) is 5.63. The fraction of sp³-hybridized carbons (Fsp3) is 0.308. The van der Waals surface area contributed by atoms with Crippen molar-refractivity contribution in [3.63, 3.8) is 0 Å². The molecule has 0 saturated carbocycles. The molecule has 6 nitrogen and oxygen atoms in total. The normalized spacial score (nSPS) is 12.3. The Kier molecular flexibility index (Phi) is 4.22. The molecule has 21 heavy (non-hydrogen) atoms. The molecule has 0 bridgehead atoms. The van der Waals surface area contributed by atoms with Crippen LogP contribution in [0.4, 0.5) is 5.69 Å². The van der Waals surface area contributed by atoms with Crippen LogP contribution in [0.5, 0.6) is 5.75 Å². The Balaban J connectivity index is 2.35. The van der Waals surface area contributed by atoms with Crippen molar-refractivity contribution >= 4 is 27.0 Å². The number of hydrogen-bond donors (Lipinski definition) is 2. The summed E-state index contributed by atoms with van der Waals surface area (Å²) < 4.78 is 32.7. The average Bonchev–Trinajstić information content (AvgIpc) is 2.92. The molecule has 8 heteroatoms. The van der Waals surface area contributed by atoms with Gasteiger partial charge in [-0.1, -0.05) is 0 Å². The number of nitrogens with one attached hydrogen (secondary N) is 1. The van der Waals surface area contributed by atoms with E-state index in [9.17, 15) is 8.42 Å². The maximum atomic E-state index is 12.5. The summed E-state index contributed by atoms with van der Waals surface area (Å²) in [5.74, 6) is 0.324. The van der Waals surface area contributed by atoms with Crippen LogP contribution in [-0.2, 0) is 15.6 Å². The van der Waals surface area contributed by atoms with Gasteiger partial charge in [0.15, 0.2) is 0 Å². The summed E-state index contributed by atoms with van der Waals surface area (Å²) in [6, 6.07) is 4.34. The van der Waals surface area contributed by atoms with E-state index in [0.29, 0.717) is 16.4 Å². The highest BCUT2D eigenvalue weighted by Crippen LogP contribution is 2.28. The Hall–Kier alpha value is -1.64. The van der Waals surface area contributed by atoms with E-state index in [1.165, 1.54) is 36.6 Å². The van der Waals surface area contributed by atoms with Crippen LogP contribution in [-0.4, -0.2) is 20.5 Å². The molecule has 0 amide bonds. The summed E-state index contributed by atoms with van der Waals surface area (Å²) >= 11 is 1.39. The Labute approximate surface area is 128 Å². The molecular formula is C13H17N3O3S2. The molecular weight excluding hydrogens is 310 g/mol. The zero-order chi connectivity index (χ0) is 15.7. The van der Waals surface area contributed by atoms with Crippen LogP contribution in [0.3, 0.4) is 0 Å². The lowest BCUT2D eigenvalue weighted by Crippen LogP contribution is -2.40. The molecule has 0 spiro atoms. The number of methoxy groups -OCH3 is 1. The molecule has 0 atom stereocenters. The maximum absolute atomic E-state index is 12.5. The number of sulfonamides is 1. The summed E-state index contributed by atoms with van der Waals surface area (Å²) in [4.78, 5) is 4.26. The first-order valence-corrected chi connectivity index (χ1v) is 8.50. The van der Waals surface area contributed by atoms with E-state index in [1.54, 1.807) is 25.4 Å². The van der Waals surface area contributed by atoms with Crippen LogP contribution in [0.15, 0.2) is 34.7 Å². The monoisotopic (exact) mass is 327 g/mol. The number of anilines is 1. The second-order valence-electron chi connectivity index (χ2n) is 4.97. The van der Waals surface area contributed by atoms with E-state index >= 15 is 0 Å². The van der Waals surface area contributed by atoms with Gasteiger partial charge in [-0.3, -0.25) is 0 Å². The molecule has 2 aromatic rings. The number of hydrogen-bond acceptors (Lipinski definition) is 6. The quantitative estimate of drug-likeness (QED) is 0.819. The van der Waals surface area contributed by atoms with E-state index in [0.717, 1.165) is 0 Å². The van der Waals surface area contributed by atoms with E-state index in [1.807, 2.05) is 0 Å². The number of rotatable bonds is 5. The largest absolute Gasteiger partial charge is 0.495 e. The fourth-order valence-electron chi connectivity index (χ4n) is 1.83. The molecule has 0 radical (unpaired) electrons. The Morgan fingerprint density at radius 1 is 1.38 bits per heavy atom. The highest BCUT2D eigenvalue weighted by Gasteiger charge is 2.30. The van der Waals surface area contributed by atoms with Crippen molar-refractivity contribution in [1.29, 1.82) is 0 Å². The first-order valence-electron chi connectivity index (χ1n) is 6.14. The maximum Gasteiger partial charge on any atom is 0.241 e. The van der Waals surface area contributed by atoms with Crippen molar-refractivity contribution in [2.75, 3.05) is 12.8 Å². The zero-order valence-electron chi connectivity index (χ0n) is 12.0. The van der Waals surface area contributed by atoms with Crippen molar-refractivity contribution in [3.05, 3.63) is 34.8 Å². The minimum atomic E-state index is -3.71. The molecule has 0 fully saturated rings. The van der Waals surface area contributed by atoms with Crippen LogP contribution in [0.2, 0.25) is 0 Å². The predicted octanol–water partition coefficient (Wildman–Crippen LogP) is 1.95. The first-order chi connectivity index (χ1) is 9.76. The smallest absolute Gasteiger partial charge is 0.241 e. The number of thiazole rings is 1. The van der Waals surface area contributed by atoms with Crippen LogP contribution >= 0.6 is 11.3 Å². The summed E-state index contributed by atoms with van der Waals surface area (Å²) in [6.07, 6.45) is 1.64. The third-order valence-electron chi connectivity index (χ3n) is 2.87. The predicted molar refractivity (Wildman–Crippen MR) is 82.9 cm³/mol. The van der Waals surface area contributed by atoms with E-state index in [-0.39, 0.29) is 4.90 Å². The van der Waals surface area contributed by atoms with Gasteiger partial charge in [0.1, 0.15) is 10.8 Å². The molecule has 0 saturated heterocycles. The number of nitrogens with two attached hydrogens (primary N) is 1. The molecule has 0 unspecified atom stereocenters. The molecule has 0 aliphatic heterocycles. The van der Waals surface area contributed by atoms with Gasteiger partial charge < -0.3 is 10.5 Å².